The highest BCUT2D eigenvalue weighted by atomic mass is 79.9. The number of rotatable bonds is 5. The maximum atomic E-state index is 17.2. The van der Waals surface area contributed by atoms with Gasteiger partial charge in [-0.3, -0.25) is 14.4 Å². The van der Waals surface area contributed by atoms with E-state index in [-0.39, 0.29) is 35.7 Å². The molecular weight excluding hydrogens is 542 g/mol. The zero-order chi connectivity index (χ0) is 27.2. The number of halogens is 3. The Bertz CT molecular complexity index is 1090. The summed E-state index contributed by atoms with van der Waals surface area (Å²) in [7, 11) is 0. The number of hydrogen-bond acceptors (Lipinski definition) is 6. The second kappa shape index (κ2) is 8.25. The number of Topliss-reactive ketones (excluding diaryl/α,β-unsaturated/α-hetero) is 1. The van der Waals surface area contributed by atoms with Gasteiger partial charge in [0.1, 0.15) is 17.9 Å². The Morgan fingerprint density at radius 3 is 2.47 bits per heavy atom. The van der Waals surface area contributed by atoms with Crippen LogP contribution in [0.25, 0.3) is 0 Å². The van der Waals surface area contributed by atoms with Gasteiger partial charge < -0.3 is 20.4 Å². The molecule has 0 heterocycles. The average Bonchev–Trinajstić information content (AvgIpc) is 3.03. The molecular formula is C26H33BrF2O7. The Kier molecular flexibility index (Phi) is 6.31. The lowest BCUT2D eigenvalue weighted by Gasteiger charge is -2.63. The molecule has 0 aromatic heterocycles. The summed E-state index contributed by atoms with van der Waals surface area (Å²) in [5, 5.41) is 43.0. The van der Waals surface area contributed by atoms with Crippen LogP contribution in [0.5, 0.6) is 0 Å². The van der Waals surface area contributed by atoms with E-state index in [0.717, 1.165) is 6.08 Å². The number of fused-ring (bicyclic) bond motifs is 5. The van der Waals surface area contributed by atoms with Gasteiger partial charge in [0.05, 0.1) is 16.0 Å². The van der Waals surface area contributed by atoms with Crippen LogP contribution in [0, 0.1) is 28.1 Å². The average molecular weight is 575 g/mol. The molecule has 0 saturated heterocycles. The number of allylic oxidation sites excluding steroid dienone is 4. The lowest BCUT2D eigenvalue weighted by atomic mass is 9.44. The SMILES string of the molecule is CC(C)(CC(O)C(=O)[C@@]1(O)CC[C@H]2[C@@H]3C[C@@H](F)C4=CC(=O)C(Br)=C[C@]4(C)[C@@]3(F)[C@@H](O)C[C@@]21C)C(=O)O. The van der Waals surface area contributed by atoms with Crippen LogP contribution in [-0.4, -0.2) is 67.6 Å². The fourth-order valence-corrected chi connectivity index (χ4v) is 8.18. The highest BCUT2D eigenvalue weighted by Gasteiger charge is 2.75. The van der Waals surface area contributed by atoms with E-state index in [1.807, 2.05) is 0 Å². The van der Waals surface area contributed by atoms with Gasteiger partial charge in [-0.15, -0.1) is 0 Å². The first-order valence-corrected chi connectivity index (χ1v) is 13.0. The molecule has 4 aliphatic carbocycles. The van der Waals surface area contributed by atoms with Gasteiger partial charge in [-0.1, -0.05) is 13.0 Å². The Hall–Kier alpha value is -1.49. The molecule has 9 atom stereocenters. The van der Waals surface area contributed by atoms with E-state index >= 15 is 8.78 Å². The van der Waals surface area contributed by atoms with Gasteiger partial charge in [0.2, 0.25) is 0 Å². The van der Waals surface area contributed by atoms with E-state index < -0.39 is 81.7 Å². The van der Waals surface area contributed by atoms with Gasteiger partial charge in [-0.05, 0) is 86.4 Å². The number of ketones is 2. The molecule has 0 amide bonds. The van der Waals surface area contributed by atoms with Crippen molar-refractivity contribution < 1.29 is 43.6 Å². The van der Waals surface area contributed by atoms with Crippen LogP contribution < -0.4 is 0 Å². The Balaban J connectivity index is 1.74. The minimum absolute atomic E-state index is 0.0345. The van der Waals surface area contributed by atoms with E-state index in [9.17, 15) is 34.8 Å². The summed E-state index contributed by atoms with van der Waals surface area (Å²) in [6.45, 7) is 5.72. The zero-order valence-electron chi connectivity index (χ0n) is 20.7. The summed E-state index contributed by atoms with van der Waals surface area (Å²) in [6, 6.07) is 0. The monoisotopic (exact) mass is 574 g/mol. The van der Waals surface area contributed by atoms with E-state index in [0.29, 0.717) is 0 Å². The van der Waals surface area contributed by atoms with Crippen LogP contribution in [0.1, 0.15) is 59.8 Å². The van der Waals surface area contributed by atoms with Gasteiger partial charge in [0.15, 0.2) is 17.2 Å². The molecule has 1 unspecified atom stereocenters. The van der Waals surface area contributed by atoms with Crippen LogP contribution in [-0.2, 0) is 14.4 Å². The molecule has 3 saturated carbocycles. The summed E-state index contributed by atoms with van der Waals surface area (Å²) in [5.74, 6) is -4.46. The minimum atomic E-state index is -2.37. The summed E-state index contributed by atoms with van der Waals surface area (Å²) in [5.41, 5.74) is -9.02. The van der Waals surface area contributed by atoms with Crippen molar-refractivity contribution in [3.05, 3.63) is 22.2 Å². The number of aliphatic hydroxyl groups excluding tert-OH is 2. The predicted molar refractivity (Wildman–Crippen MR) is 129 cm³/mol. The molecule has 0 aromatic rings. The zero-order valence-corrected chi connectivity index (χ0v) is 22.3. The number of aliphatic hydroxyl groups is 3. The molecule has 0 aliphatic heterocycles. The molecule has 3 fully saturated rings. The fraction of sp³-hybridized carbons (Fsp3) is 0.731. The summed E-state index contributed by atoms with van der Waals surface area (Å²) in [6.07, 6.45) is -3.83. The maximum Gasteiger partial charge on any atom is 0.309 e. The van der Waals surface area contributed by atoms with Crippen molar-refractivity contribution in [1.82, 2.24) is 0 Å². The molecule has 0 radical (unpaired) electrons. The minimum Gasteiger partial charge on any atom is -0.481 e. The number of alkyl halides is 2. The number of aliphatic carboxylic acids is 1. The Labute approximate surface area is 216 Å². The predicted octanol–water partition coefficient (Wildman–Crippen LogP) is 3.19. The molecule has 0 bridgehead atoms. The Morgan fingerprint density at radius 2 is 1.89 bits per heavy atom. The van der Waals surface area contributed by atoms with Gasteiger partial charge in [0, 0.05) is 16.7 Å². The van der Waals surface area contributed by atoms with Crippen LogP contribution >= 0.6 is 15.9 Å². The third-order valence-corrected chi connectivity index (χ3v) is 10.5. The summed E-state index contributed by atoms with van der Waals surface area (Å²) < 4.78 is 32.8. The third-order valence-electron chi connectivity index (χ3n) is 9.83. The molecule has 36 heavy (non-hydrogen) atoms. The second-order valence-corrected chi connectivity index (χ2v) is 13.0. The molecule has 4 N–H and O–H groups in total. The van der Waals surface area contributed by atoms with Crippen LogP contribution in [0.4, 0.5) is 8.78 Å². The van der Waals surface area contributed by atoms with Crippen LogP contribution in [0.15, 0.2) is 22.2 Å². The van der Waals surface area contributed by atoms with Gasteiger partial charge in [0.25, 0.3) is 0 Å². The van der Waals surface area contributed by atoms with Gasteiger partial charge in [-0.25, -0.2) is 8.78 Å². The van der Waals surface area contributed by atoms with E-state index in [2.05, 4.69) is 15.9 Å². The highest BCUT2D eigenvalue weighted by molar-refractivity contribution is 9.12. The standard InChI is InChI=1S/C26H33BrF2O7/c1-22(2,21(34)35)10-18(31)20(33)25(36)6-5-12-13-7-16(28)14-8-17(30)15(27)9-24(14,4)26(13,29)19(32)11-23(12,25)3/h8-9,12-13,16,18-19,31-32,36H,5-7,10-11H2,1-4H3,(H,34,35)/t12-,13-,16+,18?,19-,23-,24-,25-,26-/m0/s1. The lowest BCUT2D eigenvalue weighted by Crippen LogP contribution is -2.70. The smallest absolute Gasteiger partial charge is 0.309 e. The van der Waals surface area contributed by atoms with Crippen molar-refractivity contribution in [3.8, 4) is 0 Å². The molecule has 4 rings (SSSR count). The largest absolute Gasteiger partial charge is 0.481 e. The molecule has 10 heteroatoms. The van der Waals surface area contributed by atoms with Crippen molar-refractivity contribution in [1.29, 1.82) is 0 Å². The van der Waals surface area contributed by atoms with E-state index in [4.69, 9.17) is 0 Å². The normalized spacial score (nSPS) is 45.1. The van der Waals surface area contributed by atoms with Gasteiger partial charge in [-0.2, -0.15) is 0 Å². The van der Waals surface area contributed by atoms with Crippen molar-refractivity contribution in [2.24, 2.45) is 28.1 Å². The third kappa shape index (κ3) is 3.39. The molecule has 0 aromatic carbocycles. The summed E-state index contributed by atoms with van der Waals surface area (Å²) >= 11 is 3.13. The maximum absolute atomic E-state index is 17.2. The second-order valence-electron chi connectivity index (χ2n) is 12.2. The topological polar surface area (TPSA) is 132 Å². The molecule has 4 aliphatic rings. The lowest BCUT2D eigenvalue weighted by molar-refractivity contribution is -0.223. The van der Waals surface area contributed by atoms with Crippen molar-refractivity contribution in [2.45, 2.75) is 89.4 Å². The molecule has 200 valence electrons. The Morgan fingerprint density at radius 1 is 1.28 bits per heavy atom. The number of carboxylic acid groups (broad SMARTS) is 1. The van der Waals surface area contributed by atoms with Crippen LogP contribution in [0.3, 0.4) is 0 Å². The first-order chi connectivity index (χ1) is 16.4. The summed E-state index contributed by atoms with van der Waals surface area (Å²) in [4.78, 5) is 37.1. The quantitative estimate of drug-likeness (QED) is 0.396. The first-order valence-electron chi connectivity index (χ1n) is 12.2. The number of carboxylic acids is 1. The molecule has 7 nitrogen and oxygen atoms in total. The number of carbonyl (C=O) groups excluding carboxylic acids is 2. The van der Waals surface area contributed by atoms with E-state index in [1.165, 1.54) is 26.8 Å². The van der Waals surface area contributed by atoms with Crippen LogP contribution in [0.2, 0.25) is 0 Å². The number of hydrogen-bond donors (Lipinski definition) is 4. The first kappa shape index (κ1) is 27.5. The fourth-order valence-electron chi connectivity index (χ4n) is 7.61. The van der Waals surface area contributed by atoms with Crippen molar-refractivity contribution >= 4 is 33.5 Å². The van der Waals surface area contributed by atoms with E-state index in [1.54, 1.807) is 6.92 Å². The van der Waals surface area contributed by atoms with Crippen molar-refractivity contribution in [2.75, 3.05) is 0 Å². The highest BCUT2D eigenvalue weighted by Crippen LogP contribution is 2.70. The van der Waals surface area contributed by atoms with Crippen molar-refractivity contribution in [3.63, 3.8) is 0 Å². The van der Waals surface area contributed by atoms with Gasteiger partial charge >= 0.3 is 5.97 Å². The number of carbonyl (C=O) groups is 3. The molecule has 0 spiro atoms.